The lowest BCUT2D eigenvalue weighted by Crippen LogP contribution is -2.09. The zero-order chi connectivity index (χ0) is 14.2. The average Bonchev–Trinajstić information content (AvgIpc) is 2.52. The Morgan fingerprint density at radius 1 is 1.15 bits per heavy atom. The zero-order valence-corrected chi connectivity index (χ0v) is 12.6. The highest BCUT2D eigenvalue weighted by atomic mass is 16.5. The standard InChI is InChI=1S/C18H26O2/c1-2-14-20-17-11-9-16(10-12-17)18(19)13-8-15-6-4-3-5-7-15/h9-12,15H,2-8,13-14H2,1H3. The normalized spacial score (nSPS) is 16.1. The van der Waals surface area contributed by atoms with Crippen LogP contribution in [0.25, 0.3) is 0 Å². The van der Waals surface area contributed by atoms with Crippen LogP contribution in [0.1, 0.15) is 68.6 Å². The maximum atomic E-state index is 12.2. The fourth-order valence-electron chi connectivity index (χ4n) is 2.91. The van der Waals surface area contributed by atoms with Gasteiger partial charge in [-0.2, -0.15) is 0 Å². The minimum absolute atomic E-state index is 0.276. The molecule has 20 heavy (non-hydrogen) atoms. The Labute approximate surface area is 122 Å². The first-order chi connectivity index (χ1) is 9.79. The van der Waals surface area contributed by atoms with Crippen LogP contribution in [0, 0.1) is 5.92 Å². The third-order valence-electron chi connectivity index (χ3n) is 4.15. The van der Waals surface area contributed by atoms with Gasteiger partial charge in [0.1, 0.15) is 5.75 Å². The molecule has 0 radical (unpaired) electrons. The molecule has 0 bridgehead atoms. The first-order valence-electron chi connectivity index (χ1n) is 8.05. The van der Waals surface area contributed by atoms with Crippen LogP contribution in [-0.4, -0.2) is 12.4 Å². The number of ether oxygens (including phenoxy) is 1. The van der Waals surface area contributed by atoms with E-state index in [0.717, 1.165) is 36.7 Å². The van der Waals surface area contributed by atoms with Crippen LogP contribution in [-0.2, 0) is 0 Å². The van der Waals surface area contributed by atoms with Crippen molar-refractivity contribution < 1.29 is 9.53 Å². The molecule has 0 atom stereocenters. The van der Waals surface area contributed by atoms with Crippen molar-refractivity contribution in [1.82, 2.24) is 0 Å². The summed E-state index contributed by atoms with van der Waals surface area (Å²) in [6.45, 7) is 2.82. The summed E-state index contributed by atoms with van der Waals surface area (Å²) >= 11 is 0. The quantitative estimate of drug-likeness (QED) is 0.653. The van der Waals surface area contributed by atoms with Gasteiger partial charge in [-0.3, -0.25) is 4.79 Å². The topological polar surface area (TPSA) is 26.3 Å². The van der Waals surface area contributed by atoms with E-state index in [4.69, 9.17) is 4.74 Å². The molecule has 0 heterocycles. The molecule has 1 saturated carbocycles. The van der Waals surface area contributed by atoms with Crippen molar-refractivity contribution in [2.75, 3.05) is 6.61 Å². The summed E-state index contributed by atoms with van der Waals surface area (Å²) in [6, 6.07) is 7.61. The number of Topliss-reactive ketones (excluding diaryl/α,β-unsaturated/α-hetero) is 1. The summed E-state index contributed by atoms with van der Waals surface area (Å²) < 4.78 is 5.53. The highest BCUT2D eigenvalue weighted by Crippen LogP contribution is 2.28. The van der Waals surface area contributed by atoms with Gasteiger partial charge in [0.25, 0.3) is 0 Å². The van der Waals surface area contributed by atoms with Crippen LogP contribution in [0.3, 0.4) is 0 Å². The van der Waals surface area contributed by atoms with Crippen molar-refractivity contribution >= 4 is 5.78 Å². The monoisotopic (exact) mass is 274 g/mol. The van der Waals surface area contributed by atoms with Crippen LogP contribution in [0.5, 0.6) is 5.75 Å². The van der Waals surface area contributed by atoms with Crippen molar-refractivity contribution in [2.45, 2.75) is 58.3 Å². The molecular formula is C18H26O2. The van der Waals surface area contributed by atoms with E-state index < -0.39 is 0 Å². The maximum Gasteiger partial charge on any atom is 0.162 e. The Kier molecular flexibility index (Phi) is 6.10. The molecule has 1 fully saturated rings. The molecule has 1 aliphatic carbocycles. The predicted octanol–water partition coefficient (Wildman–Crippen LogP) is 5.02. The zero-order valence-electron chi connectivity index (χ0n) is 12.6. The summed E-state index contributed by atoms with van der Waals surface area (Å²) in [5, 5.41) is 0. The molecule has 1 aromatic rings. The highest BCUT2D eigenvalue weighted by molar-refractivity contribution is 5.96. The van der Waals surface area contributed by atoms with Crippen LogP contribution < -0.4 is 4.74 Å². The van der Waals surface area contributed by atoms with E-state index in [-0.39, 0.29) is 5.78 Å². The molecular weight excluding hydrogens is 248 g/mol. The van der Waals surface area contributed by atoms with Gasteiger partial charge in [-0.1, -0.05) is 39.0 Å². The minimum atomic E-state index is 0.276. The van der Waals surface area contributed by atoms with E-state index in [1.54, 1.807) is 0 Å². The minimum Gasteiger partial charge on any atom is -0.494 e. The lowest BCUT2D eigenvalue weighted by atomic mass is 9.85. The number of rotatable bonds is 7. The number of carbonyl (C=O) groups is 1. The van der Waals surface area contributed by atoms with E-state index >= 15 is 0 Å². The van der Waals surface area contributed by atoms with Crippen molar-refractivity contribution in [3.63, 3.8) is 0 Å². The SMILES string of the molecule is CCCOc1ccc(C(=O)CCC2CCCCC2)cc1. The van der Waals surface area contributed by atoms with Gasteiger partial charge >= 0.3 is 0 Å². The summed E-state index contributed by atoms with van der Waals surface area (Å²) in [7, 11) is 0. The second-order valence-electron chi connectivity index (χ2n) is 5.84. The van der Waals surface area contributed by atoms with Gasteiger partial charge in [0, 0.05) is 12.0 Å². The Hall–Kier alpha value is -1.31. The first-order valence-corrected chi connectivity index (χ1v) is 8.05. The lowest BCUT2D eigenvalue weighted by molar-refractivity contribution is 0.0970. The van der Waals surface area contributed by atoms with Crippen LogP contribution in [0.15, 0.2) is 24.3 Å². The molecule has 1 aliphatic rings. The van der Waals surface area contributed by atoms with Crippen molar-refractivity contribution in [3.05, 3.63) is 29.8 Å². The summed E-state index contributed by atoms with van der Waals surface area (Å²) in [5.74, 6) is 1.91. The van der Waals surface area contributed by atoms with Crippen LogP contribution in [0.4, 0.5) is 0 Å². The molecule has 0 saturated heterocycles. The maximum absolute atomic E-state index is 12.2. The fourth-order valence-corrected chi connectivity index (χ4v) is 2.91. The molecule has 0 aromatic heterocycles. The summed E-state index contributed by atoms with van der Waals surface area (Å²) in [5.41, 5.74) is 0.824. The largest absolute Gasteiger partial charge is 0.494 e. The molecule has 1 aromatic carbocycles. The van der Waals surface area contributed by atoms with E-state index in [1.165, 1.54) is 32.1 Å². The van der Waals surface area contributed by atoms with Crippen molar-refractivity contribution in [2.24, 2.45) is 5.92 Å². The average molecular weight is 274 g/mol. The van der Waals surface area contributed by atoms with Gasteiger partial charge in [-0.15, -0.1) is 0 Å². The molecule has 0 unspecified atom stereocenters. The second kappa shape index (κ2) is 8.08. The first kappa shape index (κ1) is 15.1. The van der Waals surface area contributed by atoms with Gasteiger partial charge in [-0.05, 0) is 43.0 Å². The number of ketones is 1. The summed E-state index contributed by atoms with van der Waals surface area (Å²) in [6.07, 6.45) is 9.47. The Balaban J connectivity index is 1.79. The number of hydrogen-bond acceptors (Lipinski definition) is 2. The molecule has 0 aliphatic heterocycles. The van der Waals surface area contributed by atoms with E-state index in [0.29, 0.717) is 6.42 Å². The smallest absolute Gasteiger partial charge is 0.162 e. The third kappa shape index (κ3) is 4.66. The van der Waals surface area contributed by atoms with Crippen LogP contribution >= 0.6 is 0 Å². The number of benzene rings is 1. The van der Waals surface area contributed by atoms with E-state index in [1.807, 2.05) is 24.3 Å². The fraction of sp³-hybridized carbons (Fsp3) is 0.611. The lowest BCUT2D eigenvalue weighted by Gasteiger charge is -2.20. The molecule has 2 rings (SSSR count). The van der Waals surface area contributed by atoms with Gasteiger partial charge in [0.05, 0.1) is 6.61 Å². The van der Waals surface area contributed by atoms with Crippen LogP contribution in [0.2, 0.25) is 0 Å². The molecule has 2 nitrogen and oxygen atoms in total. The van der Waals surface area contributed by atoms with Gasteiger partial charge in [0.2, 0.25) is 0 Å². The number of carbonyl (C=O) groups excluding carboxylic acids is 1. The van der Waals surface area contributed by atoms with Crippen molar-refractivity contribution in [3.8, 4) is 5.75 Å². The van der Waals surface area contributed by atoms with E-state index in [9.17, 15) is 4.79 Å². The predicted molar refractivity (Wildman–Crippen MR) is 82.4 cm³/mol. The molecule has 110 valence electrons. The second-order valence-corrected chi connectivity index (χ2v) is 5.84. The Bertz CT molecular complexity index is 402. The number of hydrogen-bond donors (Lipinski definition) is 0. The van der Waals surface area contributed by atoms with Gasteiger partial charge in [0.15, 0.2) is 5.78 Å². The van der Waals surface area contributed by atoms with Gasteiger partial charge < -0.3 is 4.74 Å². The third-order valence-corrected chi connectivity index (χ3v) is 4.15. The van der Waals surface area contributed by atoms with Crippen molar-refractivity contribution in [1.29, 1.82) is 0 Å². The molecule has 0 N–H and O–H groups in total. The molecule has 0 amide bonds. The Morgan fingerprint density at radius 2 is 1.85 bits per heavy atom. The highest BCUT2D eigenvalue weighted by Gasteiger charge is 2.15. The Morgan fingerprint density at radius 3 is 2.50 bits per heavy atom. The molecule has 0 spiro atoms. The van der Waals surface area contributed by atoms with Gasteiger partial charge in [-0.25, -0.2) is 0 Å². The van der Waals surface area contributed by atoms with E-state index in [2.05, 4.69) is 6.92 Å². The molecule has 2 heteroatoms. The summed E-state index contributed by atoms with van der Waals surface area (Å²) in [4.78, 5) is 12.2.